The van der Waals surface area contributed by atoms with Crippen LogP contribution in [0.15, 0.2) is 40.7 Å². The molecule has 0 bridgehead atoms. The zero-order chi connectivity index (χ0) is 20.0. The predicted octanol–water partition coefficient (Wildman–Crippen LogP) is 2.30. The number of rotatable bonds is 4. The molecule has 1 unspecified atom stereocenters. The van der Waals surface area contributed by atoms with Gasteiger partial charge in [0.2, 0.25) is 5.91 Å². The van der Waals surface area contributed by atoms with Crippen LogP contribution in [0.3, 0.4) is 0 Å². The first kappa shape index (κ1) is 18.1. The normalized spacial score (nSPS) is 17.2. The van der Waals surface area contributed by atoms with E-state index in [2.05, 4.69) is 20.3 Å². The number of aromatic nitrogens is 5. The molecule has 0 spiro atoms. The Hall–Kier alpha value is -2.94. The minimum absolute atomic E-state index is 0.0343. The topological polar surface area (TPSA) is 94.7 Å². The van der Waals surface area contributed by atoms with Crippen molar-refractivity contribution >= 4 is 23.4 Å². The molecule has 0 saturated carbocycles. The fourth-order valence-corrected chi connectivity index (χ4v) is 5.11. The third-order valence-electron chi connectivity index (χ3n) is 5.40. The number of aryl methyl sites for hydroxylation is 2. The molecular formula is C20H20N6O2S. The van der Waals surface area contributed by atoms with Crippen molar-refractivity contribution in [2.24, 2.45) is 0 Å². The number of hydrogen-bond donors (Lipinski definition) is 1. The zero-order valence-corrected chi connectivity index (χ0v) is 16.8. The average molecular weight is 408 g/mol. The molecule has 0 aromatic carbocycles. The number of amides is 1. The molecule has 1 aliphatic heterocycles. The van der Waals surface area contributed by atoms with Crippen molar-refractivity contribution in [3.05, 3.63) is 58.2 Å². The number of nitrogens with one attached hydrogen (secondary N) is 1. The first-order valence-electron chi connectivity index (χ1n) is 9.63. The summed E-state index contributed by atoms with van der Waals surface area (Å²) in [5.74, 6) is 2.14. The van der Waals surface area contributed by atoms with Gasteiger partial charge in [0.1, 0.15) is 11.6 Å². The van der Waals surface area contributed by atoms with Gasteiger partial charge in [-0.15, -0.1) is 0 Å². The molecule has 0 fully saturated rings. The highest BCUT2D eigenvalue weighted by Crippen LogP contribution is 2.34. The fraction of sp³-hybridized carbons (Fsp3) is 0.350. The molecule has 148 valence electrons. The molecule has 5 rings (SSSR count). The molecule has 9 heteroatoms. The van der Waals surface area contributed by atoms with Crippen LogP contribution < -0.4 is 10.9 Å². The van der Waals surface area contributed by atoms with E-state index in [9.17, 15) is 9.59 Å². The number of imidazole rings is 1. The summed E-state index contributed by atoms with van der Waals surface area (Å²) < 4.78 is 3.59. The van der Waals surface area contributed by atoms with Gasteiger partial charge in [0.15, 0.2) is 5.16 Å². The van der Waals surface area contributed by atoms with E-state index in [1.165, 1.54) is 0 Å². The largest absolute Gasteiger partial charge is 0.325 e. The van der Waals surface area contributed by atoms with Crippen LogP contribution >= 0.6 is 11.8 Å². The molecule has 29 heavy (non-hydrogen) atoms. The van der Waals surface area contributed by atoms with Crippen molar-refractivity contribution in [3.63, 3.8) is 0 Å². The Labute approximate surface area is 171 Å². The number of fused-ring (bicyclic) bond motifs is 2. The van der Waals surface area contributed by atoms with Crippen molar-refractivity contribution in [1.29, 1.82) is 0 Å². The molecule has 1 aliphatic carbocycles. The zero-order valence-electron chi connectivity index (χ0n) is 16.0. The molecule has 0 radical (unpaired) electrons. The number of carbonyl (C=O) groups excluding carboxylic acids is 1. The number of carbonyl (C=O) groups is 1. The predicted molar refractivity (Wildman–Crippen MR) is 110 cm³/mol. The van der Waals surface area contributed by atoms with Gasteiger partial charge in [-0.25, -0.2) is 15.0 Å². The van der Waals surface area contributed by atoms with Crippen LogP contribution in [-0.4, -0.2) is 35.7 Å². The number of pyridine rings is 1. The van der Waals surface area contributed by atoms with E-state index in [0.717, 1.165) is 47.3 Å². The fourth-order valence-electron chi connectivity index (χ4n) is 3.95. The van der Waals surface area contributed by atoms with Gasteiger partial charge < -0.3 is 5.32 Å². The van der Waals surface area contributed by atoms with Gasteiger partial charge in [-0.05, 0) is 38.3 Å². The summed E-state index contributed by atoms with van der Waals surface area (Å²) in [5, 5.41) is 3.63. The van der Waals surface area contributed by atoms with Crippen molar-refractivity contribution in [1.82, 2.24) is 24.1 Å². The standard InChI is InChI=1S/C20H20N6O2S/c1-12-21-7-8-25(12)17-6-5-13(10-22-17)23-18(27)9-14-11-29-20-24-16-4-2-3-15(16)19(28)26(14)20/h5-8,10,14H,2-4,9,11H2,1H3,(H,23,27). The van der Waals surface area contributed by atoms with Crippen LogP contribution in [0.5, 0.6) is 0 Å². The second-order valence-corrected chi connectivity index (χ2v) is 8.30. The summed E-state index contributed by atoms with van der Waals surface area (Å²) in [4.78, 5) is 38.7. The number of nitrogens with zero attached hydrogens (tertiary/aromatic N) is 5. The molecule has 1 atom stereocenters. The van der Waals surface area contributed by atoms with Crippen molar-refractivity contribution < 1.29 is 4.79 Å². The lowest BCUT2D eigenvalue weighted by Gasteiger charge is -2.14. The van der Waals surface area contributed by atoms with Gasteiger partial charge in [-0.1, -0.05) is 11.8 Å². The third-order valence-corrected chi connectivity index (χ3v) is 6.50. The molecule has 8 nitrogen and oxygen atoms in total. The maximum atomic E-state index is 12.8. The number of thioether (sulfide) groups is 1. The Morgan fingerprint density at radius 3 is 2.97 bits per heavy atom. The van der Waals surface area contributed by atoms with Crippen LogP contribution in [-0.2, 0) is 17.6 Å². The molecule has 2 aliphatic rings. The van der Waals surface area contributed by atoms with E-state index in [-0.39, 0.29) is 23.9 Å². The summed E-state index contributed by atoms with van der Waals surface area (Å²) in [6.07, 6.45) is 8.08. The summed E-state index contributed by atoms with van der Waals surface area (Å²) in [5.41, 5.74) is 2.43. The lowest BCUT2D eigenvalue weighted by Crippen LogP contribution is -2.30. The maximum absolute atomic E-state index is 12.8. The minimum atomic E-state index is -0.165. The van der Waals surface area contributed by atoms with E-state index in [1.807, 2.05) is 29.8 Å². The summed E-state index contributed by atoms with van der Waals surface area (Å²) in [6, 6.07) is 3.49. The molecular weight excluding hydrogens is 388 g/mol. The first-order valence-corrected chi connectivity index (χ1v) is 10.6. The SMILES string of the molecule is Cc1nccn1-c1ccc(NC(=O)CC2CSc3nc4c(c(=O)n32)CCC4)cn1. The highest BCUT2D eigenvalue weighted by molar-refractivity contribution is 7.99. The Kier molecular flexibility index (Phi) is 4.46. The Balaban J connectivity index is 1.29. The van der Waals surface area contributed by atoms with Crippen LogP contribution in [0.2, 0.25) is 0 Å². The first-order chi connectivity index (χ1) is 14.1. The van der Waals surface area contributed by atoms with Crippen molar-refractivity contribution in [2.45, 2.75) is 43.8 Å². The number of anilines is 1. The third kappa shape index (κ3) is 3.25. The van der Waals surface area contributed by atoms with Crippen LogP contribution in [0.25, 0.3) is 5.82 Å². The Morgan fingerprint density at radius 1 is 1.31 bits per heavy atom. The summed E-state index contributed by atoms with van der Waals surface area (Å²) >= 11 is 1.56. The Bertz CT molecular complexity index is 1150. The second kappa shape index (κ2) is 7.14. The maximum Gasteiger partial charge on any atom is 0.257 e. The lowest BCUT2D eigenvalue weighted by molar-refractivity contribution is -0.116. The van der Waals surface area contributed by atoms with Crippen molar-refractivity contribution in [3.8, 4) is 5.82 Å². The number of hydrogen-bond acceptors (Lipinski definition) is 6. The van der Waals surface area contributed by atoms with Gasteiger partial charge in [0.25, 0.3) is 5.56 Å². The average Bonchev–Trinajstić information content (AvgIpc) is 3.43. The van der Waals surface area contributed by atoms with Crippen LogP contribution in [0.4, 0.5) is 5.69 Å². The van der Waals surface area contributed by atoms with Gasteiger partial charge in [-0.3, -0.25) is 18.7 Å². The Morgan fingerprint density at radius 2 is 2.21 bits per heavy atom. The lowest BCUT2D eigenvalue weighted by atomic mass is 10.2. The molecule has 3 aromatic rings. The van der Waals surface area contributed by atoms with Gasteiger partial charge in [-0.2, -0.15) is 0 Å². The summed E-state index contributed by atoms with van der Waals surface area (Å²) in [7, 11) is 0. The van der Waals surface area contributed by atoms with E-state index in [4.69, 9.17) is 0 Å². The van der Waals surface area contributed by atoms with E-state index < -0.39 is 0 Å². The second-order valence-electron chi connectivity index (χ2n) is 7.31. The monoisotopic (exact) mass is 408 g/mol. The molecule has 4 heterocycles. The van der Waals surface area contributed by atoms with E-state index in [0.29, 0.717) is 11.4 Å². The highest BCUT2D eigenvalue weighted by atomic mass is 32.2. The van der Waals surface area contributed by atoms with Crippen LogP contribution in [0.1, 0.15) is 36.0 Å². The van der Waals surface area contributed by atoms with Gasteiger partial charge >= 0.3 is 0 Å². The van der Waals surface area contributed by atoms with Gasteiger partial charge in [0, 0.05) is 30.1 Å². The molecule has 0 saturated heterocycles. The van der Waals surface area contributed by atoms with E-state index in [1.54, 1.807) is 28.7 Å². The van der Waals surface area contributed by atoms with E-state index >= 15 is 0 Å². The van der Waals surface area contributed by atoms with Crippen molar-refractivity contribution in [2.75, 3.05) is 11.1 Å². The smallest absolute Gasteiger partial charge is 0.257 e. The molecule has 1 amide bonds. The molecule has 1 N–H and O–H groups in total. The minimum Gasteiger partial charge on any atom is -0.325 e. The van der Waals surface area contributed by atoms with Gasteiger partial charge in [0.05, 0.1) is 23.6 Å². The highest BCUT2D eigenvalue weighted by Gasteiger charge is 2.31. The molecule has 3 aromatic heterocycles. The quantitative estimate of drug-likeness (QED) is 0.666. The van der Waals surface area contributed by atoms with Crippen LogP contribution in [0, 0.1) is 6.92 Å². The summed E-state index contributed by atoms with van der Waals surface area (Å²) in [6.45, 7) is 1.90.